The normalized spacial score (nSPS) is 11.2. The molecular weight excluding hydrogens is 432 g/mol. The summed E-state index contributed by atoms with van der Waals surface area (Å²) >= 11 is 6.37. The van der Waals surface area contributed by atoms with Crippen molar-refractivity contribution in [3.8, 4) is 0 Å². The first-order valence-corrected chi connectivity index (χ1v) is 10.4. The summed E-state index contributed by atoms with van der Waals surface area (Å²) in [6, 6.07) is 11.6. The minimum absolute atomic E-state index is 0.0782. The van der Waals surface area contributed by atoms with Gasteiger partial charge in [0.25, 0.3) is 5.91 Å². The highest BCUT2D eigenvalue weighted by Gasteiger charge is 2.24. The summed E-state index contributed by atoms with van der Waals surface area (Å²) in [5.41, 5.74) is 3.30. The Hall–Kier alpha value is -1.96. The van der Waals surface area contributed by atoms with Crippen LogP contribution in [0.4, 0.5) is 5.13 Å². The molecule has 1 aromatic carbocycles. The fourth-order valence-corrected chi connectivity index (χ4v) is 5.03. The molecule has 3 aromatic heterocycles. The molecule has 0 unspecified atom stereocenters. The Morgan fingerprint density at radius 2 is 2.04 bits per heavy atom. The van der Waals surface area contributed by atoms with E-state index in [9.17, 15) is 4.79 Å². The number of anilines is 1. The van der Waals surface area contributed by atoms with Crippen molar-refractivity contribution in [2.45, 2.75) is 20.4 Å². The van der Waals surface area contributed by atoms with Gasteiger partial charge in [0.1, 0.15) is 5.76 Å². The number of hydrogen-bond acceptors (Lipinski definition) is 5. The maximum absolute atomic E-state index is 13.2. The molecule has 3 heterocycles. The molecule has 1 amide bonds. The number of nitrogens with zero attached hydrogens (tertiary/aromatic N) is 2. The molecule has 132 valence electrons. The van der Waals surface area contributed by atoms with E-state index in [1.165, 1.54) is 28.2 Å². The number of hydrogen-bond donors (Lipinski definition) is 0. The average molecular weight is 447 g/mol. The van der Waals surface area contributed by atoms with Gasteiger partial charge in [0.2, 0.25) is 0 Å². The van der Waals surface area contributed by atoms with Gasteiger partial charge < -0.3 is 4.42 Å². The molecule has 0 aliphatic rings. The van der Waals surface area contributed by atoms with Gasteiger partial charge in [-0.05, 0) is 71.2 Å². The Balaban J connectivity index is 1.79. The lowest BCUT2D eigenvalue weighted by molar-refractivity contribution is 0.0987. The highest BCUT2D eigenvalue weighted by molar-refractivity contribution is 9.11. The topological polar surface area (TPSA) is 46.3 Å². The van der Waals surface area contributed by atoms with Gasteiger partial charge in [0.05, 0.1) is 31.7 Å². The number of aryl methyl sites for hydroxylation is 2. The van der Waals surface area contributed by atoms with Crippen LogP contribution in [0.1, 0.15) is 26.6 Å². The van der Waals surface area contributed by atoms with E-state index in [2.05, 4.69) is 41.9 Å². The molecule has 0 saturated heterocycles. The van der Waals surface area contributed by atoms with Gasteiger partial charge in [-0.1, -0.05) is 17.4 Å². The highest BCUT2D eigenvalue weighted by Crippen LogP contribution is 2.34. The monoisotopic (exact) mass is 446 g/mol. The third-order valence-electron chi connectivity index (χ3n) is 4.23. The third-order valence-corrected chi connectivity index (χ3v) is 6.88. The molecule has 26 heavy (non-hydrogen) atoms. The Morgan fingerprint density at radius 3 is 2.73 bits per heavy atom. The molecule has 0 fully saturated rings. The van der Waals surface area contributed by atoms with Gasteiger partial charge in [0.15, 0.2) is 5.13 Å². The molecule has 0 spiro atoms. The number of carbonyl (C=O) groups excluding carboxylic acids is 1. The predicted molar refractivity (Wildman–Crippen MR) is 110 cm³/mol. The first kappa shape index (κ1) is 17.5. The van der Waals surface area contributed by atoms with E-state index in [1.807, 2.05) is 24.3 Å². The zero-order chi connectivity index (χ0) is 18.3. The van der Waals surface area contributed by atoms with Crippen LogP contribution in [0.5, 0.6) is 0 Å². The van der Waals surface area contributed by atoms with Gasteiger partial charge >= 0.3 is 0 Å². The quantitative estimate of drug-likeness (QED) is 0.376. The SMILES string of the molecule is Cc1ccc2sc(N(Cc3ccco3)C(=O)c3ccc(Br)s3)nc2c1C. The summed E-state index contributed by atoms with van der Waals surface area (Å²) in [5, 5.41) is 0.680. The number of benzene rings is 1. The number of amides is 1. The highest BCUT2D eigenvalue weighted by atomic mass is 79.9. The molecule has 4 nitrogen and oxygen atoms in total. The van der Waals surface area contributed by atoms with Gasteiger partial charge in [-0.25, -0.2) is 4.98 Å². The van der Waals surface area contributed by atoms with E-state index in [-0.39, 0.29) is 5.91 Å². The van der Waals surface area contributed by atoms with E-state index in [0.717, 1.165) is 25.3 Å². The Labute approximate surface area is 167 Å². The van der Waals surface area contributed by atoms with Crippen LogP contribution in [-0.2, 0) is 6.54 Å². The summed E-state index contributed by atoms with van der Waals surface area (Å²) in [4.78, 5) is 20.3. The first-order valence-electron chi connectivity index (χ1n) is 7.99. The predicted octanol–water partition coefficient (Wildman–Crippen LogP) is 6.18. The molecule has 4 rings (SSSR count). The Kier molecular flexibility index (Phi) is 4.69. The number of fused-ring (bicyclic) bond motifs is 1. The van der Waals surface area contributed by atoms with E-state index < -0.39 is 0 Å². The molecule has 0 aliphatic heterocycles. The summed E-state index contributed by atoms with van der Waals surface area (Å²) < 4.78 is 7.47. The second kappa shape index (κ2) is 6.98. The molecular formula is C19H15BrN2O2S2. The fourth-order valence-electron chi connectivity index (χ4n) is 2.68. The van der Waals surface area contributed by atoms with Crippen LogP contribution in [0.15, 0.2) is 50.9 Å². The van der Waals surface area contributed by atoms with Crippen molar-refractivity contribution in [1.82, 2.24) is 4.98 Å². The summed E-state index contributed by atoms with van der Waals surface area (Å²) in [6.07, 6.45) is 1.62. The number of carbonyl (C=O) groups is 1. The van der Waals surface area contributed by atoms with Crippen molar-refractivity contribution in [3.05, 3.63) is 68.2 Å². The van der Waals surface area contributed by atoms with Crippen LogP contribution in [0, 0.1) is 13.8 Å². The lowest BCUT2D eigenvalue weighted by atomic mass is 10.1. The van der Waals surface area contributed by atoms with Gasteiger partial charge in [-0.3, -0.25) is 9.69 Å². The van der Waals surface area contributed by atoms with Gasteiger partial charge in [-0.2, -0.15) is 0 Å². The van der Waals surface area contributed by atoms with Crippen LogP contribution in [-0.4, -0.2) is 10.9 Å². The lowest BCUT2D eigenvalue weighted by Crippen LogP contribution is -2.29. The molecule has 0 bridgehead atoms. The molecule has 7 heteroatoms. The van der Waals surface area contributed by atoms with Crippen molar-refractivity contribution < 1.29 is 9.21 Å². The third kappa shape index (κ3) is 3.22. The second-order valence-electron chi connectivity index (χ2n) is 5.93. The fraction of sp³-hybridized carbons (Fsp3) is 0.158. The van der Waals surface area contributed by atoms with Crippen molar-refractivity contribution in [1.29, 1.82) is 0 Å². The maximum atomic E-state index is 13.2. The zero-order valence-electron chi connectivity index (χ0n) is 14.2. The van der Waals surface area contributed by atoms with Crippen LogP contribution in [0.2, 0.25) is 0 Å². The van der Waals surface area contributed by atoms with E-state index in [1.54, 1.807) is 11.2 Å². The number of halogens is 1. The first-order chi connectivity index (χ1) is 12.5. The van der Waals surface area contributed by atoms with Crippen molar-refractivity contribution >= 4 is 59.9 Å². The summed E-state index contributed by atoms with van der Waals surface area (Å²) in [5.74, 6) is 0.645. The van der Waals surface area contributed by atoms with Crippen LogP contribution >= 0.6 is 38.6 Å². The number of furan rings is 1. The second-order valence-corrected chi connectivity index (χ2v) is 9.40. The number of rotatable bonds is 4. The lowest BCUT2D eigenvalue weighted by Gasteiger charge is -2.17. The minimum atomic E-state index is -0.0782. The number of aromatic nitrogens is 1. The Bertz CT molecular complexity index is 1080. The number of thiophene rings is 1. The number of thiazole rings is 1. The maximum Gasteiger partial charge on any atom is 0.270 e. The molecule has 0 saturated carbocycles. The van der Waals surface area contributed by atoms with Crippen LogP contribution < -0.4 is 4.90 Å². The van der Waals surface area contributed by atoms with Crippen molar-refractivity contribution in [3.63, 3.8) is 0 Å². The molecule has 0 aliphatic carbocycles. The standard InChI is InChI=1S/C19H15BrN2O2S2/c1-11-5-6-14-17(12(11)2)21-19(26-14)22(10-13-4-3-9-24-13)18(23)15-7-8-16(20)25-15/h3-9H,10H2,1-2H3. The largest absolute Gasteiger partial charge is 0.467 e. The Morgan fingerprint density at radius 1 is 1.19 bits per heavy atom. The summed E-state index contributed by atoms with van der Waals surface area (Å²) in [7, 11) is 0. The van der Waals surface area contributed by atoms with E-state index in [0.29, 0.717) is 16.6 Å². The van der Waals surface area contributed by atoms with Crippen LogP contribution in [0.3, 0.4) is 0 Å². The van der Waals surface area contributed by atoms with E-state index in [4.69, 9.17) is 9.40 Å². The van der Waals surface area contributed by atoms with Crippen molar-refractivity contribution in [2.24, 2.45) is 0 Å². The van der Waals surface area contributed by atoms with Gasteiger partial charge in [0, 0.05) is 0 Å². The smallest absolute Gasteiger partial charge is 0.270 e. The van der Waals surface area contributed by atoms with Crippen LogP contribution in [0.25, 0.3) is 10.2 Å². The molecule has 0 N–H and O–H groups in total. The summed E-state index contributed by atoms with van der Waals surface area (Å²) in [6.45, 7) is 4.48. The molecule has 4 aromatic rings. The zero-order valence-corrected chi connectivity index (χ0v) is 17.4. The van der Waals surface area contributed by atoms with Crippen molar-refractivity contribution in [2.75, 3.05) is 4.90 Å². The van der Waals surface area contributed by atoms with Gasteiger partial charge in [-0.15, -0.1) is 11.3 Å². The van der Waals surface area contributed by atoms with E-state index >= 15 is 0 Å². The average Bonchev–Trinajstić information content (AvgIpc) is 3.36. The molecule has 0 atom stereocenters. The minimum Gasteiger partial charge on any atom is -0.467 e. The molecule has 0 radical (unpaired) electrons.